The molecule has 6 nitrogen and oxygen atoms in total. The first-order chi connectivity index (χ1) is 14.1. The topological polar surface area (TPSA) is 67.6 Å². The second-order valence-electron chi connectivity index (χ2n) is 6.61. The van der Waals surface area contributed by atoms with Crippen molar-refractivity contribution in [2.24, 2.45) is 0 Å². The zero-order chi connectivity index (χ0) is 20.6. The molecule has 152 valence electrons. The molecule has 0 saturated carbocycles. The van der Waals surface area contributed by atoms with E-state index in [0.717, 1.165) is 24.2 Å². The van der Waals surface area contributed by atoms with E-state index in [4.69, 9.17) is 20.8 Å². The zero-order valence-electron chi connectivity index (χ0n) is 16.5. The summed E-state index contributed by atoms with van der Waals surface area (Å²) in [5.74, 6) is 1.03. The molecule has 0 spiro atoms. The van der Waals surface area contributed by atoms with Crippen molar-refractivity contribution < 1.29 is 13.9 Å². The summed E-state index contributed by atoms with van der Waals surface area (Å²) < 4.78 is 10.9. The van der Waals surface area contributed by atoms with Crippen molar-refractivity contribution in [3.05, 3.63) is 65.5 Å². The molecule has 0 bridgehead atoms. The molecule has 0 saturated heterocycles. The Morgan fingerprint density at radius 2 is 2.07 bits per heavy atom. The first-order valence-electron chi connectivity index (χ1n) is 9.44. The maximum atomic E-state index is 12.6. The number of carbonyl (C=O) groups is 1. The molecule has 0 aliphatic heterocycles. The molecule has 0 aliphatic carbocycles. The summed E-state index contributed by atoms with van der Waals surface area (Å²) in [4.78, 5) is 19.1. The van der Waals surface area contributed by atoms with Crippen molar-refractivity contribution in [2.75, 3.05) is 25.5 Å². The number of nitrogens with zero attached hydrogens (tertiary/aromatic N) is 2. The summed E-state index contributed by atoms with van der Waals surface area (Å²) in [6, 6.07) is 14.7. The van der Waals surface area contributed by atoms with Crippen LogP contribution >= 0.6 is 11.6 Å². The average molecular weight is 414 g/mol. The molecule has 1 heterocycles. The summed E-state index contributed by atoms with van der Waals surface area (Å²) in [6.45, 7) is 3.59. The molecule has 2 aromatic carbocycles. The lowest BCUT2D eigenvalue weighted by Gasteiger charge is -2.20. The molecular formula is C22H24ClN3O3. The fourth-order valence-electron chi connectivity index (χ4n) is 3.03. The molecule has 0 fully saturated rings. The van der Waals surface area contributed by atoms with Gasteiger partial charge in [0.2, 0.25) is 11.8 Å². The zero-order valence-corrected chi connectivity index (χ0v) is 17.3. The highest BCUT2D eigenvalue weighted by Gasteiger charge is 2.15. The summed E-state index contributed by atoms with van der Waals surface area (Å²) in [6.07, 6.45) is 2.54. The number of hydrogen-bond acceptors (Lipinski definition) is 5. The third-order valence-electron chi connectivity index (χ3n) is 4.30. The van der Waals surface area contributed by atoms with Gasteiger partial charge in [-0.05, 0) is 43.3 Å². The van der Waals surface area contributed by atoms with Crippen LogP contribution in [-0.2, 0) is 11.3 Å². The summed E-state index contributed by atoms with van der Waals surface area (Å²) in [5.41, 5.74) is 2.24. The fraction of sp³-hybridized carbons (Fsp3) is 0.273. The Morgan fingerprint density at radius 1 is 1.24 bits per heavy atom. The van der Waals surface area contributed by atoms with Gasteiger partial charge in [0.15, 0.2) is 0 Å². The van der Waals surface area contributed by atoms with Crippen LogP contribution < -0.4 is 10.1 Å². The summed E-state index contributed by atoms with van der Waals surface area (Å²) in [5, 5.41) is 3.54. The number of para-hydroxylation sites is 2. The Kier molecular flexibility index (Phi) is 7.27. The van der Waals surface area contributed by atoms with Crippen molar-refractivity contribution in [3.8, 4) is 17.2 Å². The molecule has 3 rings (SSSR count). The highest BCUT2D eigenvalue weighted by molar-refractivity contribution is 6.30. The quantitative estimate of drug-likeness (QED) is 0.542. The van der Waals surface area contributed by atoms with Gasteiger partial charge in [-0.2, -0.15) is 0 Å². The number of methoxy groups -OCH3 is 1. The Morgan fingerprint density at radius 3 is 2.83 bits per heavy atom. The van der Waals surface area contributed by atoms with Crippen molar-refractivity contribution >= 4 is 23.2 Å². The number of anilines is 1. The van der Waals surface area contributed by atoms with E-state index < -0.39 is 0 Å². The van der Waals surface area contributed by atoms with E-state index in [1.54, 1.807) is 19.4 Å². The molecule has 1 amide bonds. The molecule has 29 heavy (non-hydrogen) atoms. The van der Waals surface area contributed by atoms with Gasteiger partial charge in [0, 0.05) is 17.1 Å². The number of hydrogen-bond donors (Lipinski definition) is 1. The molecule has 0 atom stereocenters. The van der Waals surface area contributed by atoms with Crippen molar-refractivity contribution in [2.45, 2.75) is 19.9 Å². The molecular weight excluding hydrogens is 390 g/mol. The van der Waals surface area contributed by atoms with Gasteiger partial charge in [-0.25, -0.2) is 4.98 Å². The second kappa shape index (κ2) is 10.1. The monoisotopic (exact) mass is 413 g/mol. The highest BCUT2D eigenvalue weighted by atomic mass is 35.5. The first kappa shape index (κ1) is 20.9. The minimum atomic E-state index is -0.110. The number of ether oxygens (including phenoxy) is 1. The number of carbonyl (C=O) groups excluding carboxylic acids is 1. The Labute approximate surface area is 175 Å². The number of aromatic nitrogens is 1. The normalized spacial score (nSPS) is 10.9. The SMILES string of the molecule is CCCN(CC(=O)Nc1ccccc1OC)Cc1coc(-c2cccc(Cl)c2)n1. The Balaban J connectivity index is 1.65. The van der Waals surface area contributed by atoms with Crippen LogP contribution in [-0.4, -0.2) is 36.0 Å². The van der Waals surface area contributed by atoms with Gasteiger partial charge in [0.25, 0.3) is 0 Å². The van der Waals surface area contributed by atoms with E-state index in [0.29, 0.717) is 28.9 Å². The molecule has 1 N–H and O–H groups in total. The van der Waals surface area contributed by atoms with Gasteiger partial charge in [-0.1, -0.05) is 36.7 Å². The minimum Gasteiger partial charge on any atom is -0.495 e. The first-order valence-corrected chi connectivity index (χ1v) is 9.82. The fourth-order valence-corrected chi connectivity index (χ4v) is 3.22. The van der Waals surface area contributed by atoms with Crippen LogP contribution in [0, 0.1) is 0 Å². The van der Waals surface area contributed by atoms with Crippen molar-refractivity contribution in [1.29, 1.82) is 0 Å². The van der Waals surface area contributed by atoms with Gasteiger partial charge in [0.1, 0.15) is 12.0 Å². The number of nitrogens with one attached hydrogen (secondary N) is 1. The lowest BCUT2D eigenvalue weighted by molar-refractivity contribution is -0.117. The lowest BCUT2D eigenvalue weighted by atomic mass is 10.2. The third kappa shape index (κ3) is 5.82. The van der Waals surface area contributed by atoms with Crippen molar-refractivity contribution in [1.82, 2.24) is 9.88 Å². The standard InChI is InChI=1S/C22H24ClN3O3/c1-3-11-26(14-21(27)25-19-9-4-5-10-20(19)28-2)13-18-15-29-22(24-18)16-7-6-8-17(23)12-16/h4-10,12,15H,3,11,13-14H2,1-2H3,(H,25,27). The van der Waals surface area contributed by atoms with Crippen LogP contribution in [0.3, 0.4) is 0 Å². The molecule has 3 aromatic rings. The number of oxazole rings is 1. The largest absolute Gasteiger partial charge is 0.495 e. The Bertz CT molecular complexity index is 958. The molecule has 1 aromatic heterocycles. The van der Waals surface area contributed by atoms with E-state index in [-0.39, 0.29) is 12.5 Å². The highest BCUT2D eigenvalue weighted by Crippen LogP contribution is 2.24. The number of benzene rings is 2. The van der Waals surface area contributed by atoms with E-state index in [1.165, 1.54) is 0 Å². The smallest absolute Gasteiger partial charge is 0.238 e. The number of rotatable bonds is 9. The minimum absolute atomic E-state index is 0.110. The predicted octanol–water partition coefficient (Wildman–Crippen LogP) is 4.85. The summed E-state index contributed by atoms with van der Waals surface area (Å²) in [7, 11) is 1.58. The molecule has 0 unspecified atom stereocenters. The van der Waals surface area contributed by atoms with Gasteiger partial charge >= 0.3 is 0 Å². The number of halogens is 1. The van der Waals surface area contributed by atoms with E-state index in [9.17, 15) is 4.79 Å². The van der Waals surface area contributed by atoms with E-state index in [2.05, 4.69) is 17.2 Å². The molecule has 0 aliphatic rings. The van der Waals surface area contributed by atoms with Crippen LogP contribution in [0.5, 0.6) is 5.75 Å². The second-order valence-corrected chi connectivity index (χ2v) is 7.05. The van der Waals surface area contributed by atoms with E-state index in [1.807, 2.05) is 47.4 Å². The Hall–Kier alpha value is -2.83. The van der Waals surface area contributed by atoms with Crippen LogP contribution in [0.1, 0.15) is 19.0 Å². The molecule has 0 radical (unpaired) electrons. The number of amides is 1. The van der Waals surface area contributed by atoms with E-state index >= 15 is 0 Å². The van der Waals surface area contributed by atoms with Gasteiger partial charge in [0.05, 0.1) is 25.0 Å². The van der Waals surface area contributed by atoms with Crippen LogP contribution in [0.15, 0.2) is 59.2 Å². The van der Waals surface area contributed by atoms with Crippen LogP contribution in [0.2, 0.25) is 5.02 Å². The average Bonchev–Trinajstić information content (AvgIpc) is 3.17. The third-order valence-corrected chi connectivity index (χ3v) is 4.53. The summed E-state index contributed by atoms with van der Waals surface area (Å²) >= 11 is 6.04. The van der Waals surface area contributed by atoms with Crippen molar-refractivity contribution in [3.63, 3.8) is 0 Å². The van der Waals surface area contributed by atoms with Gasteiger partial charge in [-0.3, -0.25) is 9.69 Å². The van der Waals surface area contributed by atoms with Crippen LogP contribution in [0.25, 0.3) is 11.5 Å². The predicted molar refractivity (Wildman–Crippen MR) is 114 cm³/mol. The van der Waals surface area contributed by atoms with Gasteiger partial charge in [-0.15, -0.1) is 0 Å². The maximum absolute atomic E-state index is 12.6. The lowest BCUT2D eigenvalue weighted by Crippen LogP contribution is -2.33. The van der Waals surface area contributed by atoms with Crippen LogP contribution in [0.4, 0.5) is 5.69 Å². The maximum Gasteiger partial charge on any atom is 0.238 e. The van der Waals surface area contributed by atoms with Gasteiger partial charge < -0.3 is 14.5 Å². The molecule has 7 heteroatoms.